The standard InChI is InChI=1S/C22H32N4O4S/c1-13(2)11-16(19(27)25-18(21(29)24-6)22(3,4)5)17(20(28)26-30)31-15-9-7-14(12-23)8-10-15/h7-10,13,16-18,30H,11H2,1-6H3,(H,24,29)(H,25,27)(H,26,28)/t16-,17-,18-/m1/s1. The first-order valence-corrected chi connectivity index (χ1v) is 10.9. The molecule has 0 aliphatic rings. The number of nitriles is 1. The first kappa shape index (κ1) is 26.5. The van der Waals surface area contributed by atoms with Gasteiger partial charge in [0.25, 0.3) is 5.91 Å². The van der Waals surface area contributed by atoms with E-state index in [1.807, 2.05) is 40.7 Å². The molecule has 0 aliphatic carbocycles. The molecular weight excluding hydrogens is 416 g/mol. The Kier molecular flexibility index (Phi) is 10.0. The van der Waals surface area contributed by atoms with Crippen LogP contribution in [0, 0.1) is 28.6 Å². The van der Waals surface area contributed by atoms with E-state index in [1.54, 1.807) is 29.7 Å². The van der Waals surface area contributed by atoms with Crippen LogP contribution < -0.4 is 16.1 Å². The van der Waals surface area contributed by atoms with E-state index in [1.165, 1.54) is 7.05 Å². The van der Waals surface area contributed by atoms with Crippen molar-refractivity contribution in [1.82, 2.24) is 16.1 Å². The zero-order chi connectivity index (χ0) is 23.8. The van der Waals surface area contributed by atoms with Gasteiger partial charge >= 0.3 is 0 Å². The molecule has 0 radical (unpaired) electrons. The minimum Gasteiger partial charge on any atom is -0.357 e. The first-order chi connectivity index (χ1) is 14.4. The summed E-state index contributed by atoms with van der Waals surface area (Å²) >= 11 is 1.12. The van der Waals surface area contributed by atoms with Crippen LogP contribution in [0.3, 0.4) is 0 Å². The van der Waals surface area contributed by atoms with Gasteiger partial charge in [0.05, 0.1) is 17.6 Å². The highest BCUT2D eigenvalue weighted by atomic mass is 32.2. The van der Waals surface area contributed by atoms with Crippen LogP contribution in [0.4, 0.5) is 0 Å². The van der Waals surface area contributed by atoms with Crippen molar-refractivity contribution in [3.8, 4) is 6.07 Å². The van der Waals surface area contributed by atoms with Gasteiger partial charge in [-0.2, -0.15) is 5.26 Å². The highest BCUT2D eigenvalue weighted by molar-refractivity contribution is 8.00. The summed E-state index contributed by atoms with van der Waals surface area (Å²) in [6.45, 7) is 9.39. The summed E-state index contributed by atoms with van der Waals surface area (Å²) < 4.78 is 0. The van der Waals surface area contributed by atoms with Crippen LogP contribution in [0.2, 0.25) is 0 Å². The third-order valence-corrected chi connectivity index (χ3v) is 6.04. The molecule has 9 heteroatoms. The molecule has 0 heterocycles. The fourth-order valence-corrected chi connectivity index (χ4v) is 4.23. The van der Waals surface area contributed by atoms with Gasteiger partial charge in [-0.25, -0.2) is 5.48 Å². The molecule has 3 amide bonds. The molecule has 0 saturated heterocycles. The fraction of sp³-hybridized carbons (Fsp3) is 0.545. The molecule has 3 atom stereocenters. The van der Waals surface area contributed by atoms with Crippen LogP contribution in [0.1, 0.15) is 46.6 Å². The summed E-state index contributed by atoms with van der Waals surface area (Å²) in [7, 11) is 1.50. The number of carbonyl (C=O) groups is 3. The van der Waals surface area contributed by atoms with Crippen LogP contribution in [0.25, 0.3) is 0 Å². The van der Waals surface area contributed by atoms with Crippen molar-refractivity contribution in [2.24, 2.45) is 17.3 Å². The Labute approximate surface area is 188 Å². The van der Waals surface area contributed by atoms with E-state index in [2.05, 4.69) is 10.6 Å². The highest BCUT2D eigenvalue weighted by Crippen LogP contribution is 2.33. The van der Waals surface area contributed by atoms with Crippen molar-refractivity contribution in [3.63, 3.8) is 0 Å². The Hall–Kier alpha value is -2.57. The van der Waals surface area contributed by atoms with Gasteiger partial charge in [-0.05, 0) is 42.0 Å². The minimum absolute atomic E-state index is 0.0828. The van der Waals surface area contributed by atoms with E-state index in [0.717, 1.165) is 11.8 Å². The monoisotopic (exact) mass is 448 g/mol. The van der Waals surface area contributed by atoms with Crippen LogP contribution >= 0.6 is 11.8 Å². The number of hydrogen-bond acceptors (Lipinski definition) is 6. The number of nitrogens with zero attached hydrogens (tertiary/aromatic N) is 1. The van der Waals surface area contributed by atoms with Gasteiger partial charge in [0.1, 0.15) is 11.3 Å². The average molecular weight is 449 g/mol. The Morgan fingerprint density at radius 2 is 1.68 bits per heavy atom. The number of hydroxylamine groups is 1. The fourth-order valence-electron chi connectivity index (χ4n) is 3.08. The molecule has 0 aliphatic heterocycles. The van der Waals surface area contributed by atoms with Crippen molar-refractivity contribution in [2.45, 2.75) is 57.2 Å². The second-order valence-electron chi connectivity index (χ2n) is 8.81. The van der Waals surface area contributed by atoms with E-state index < -0.39 is 34.4 Å². The van der Waals surface area contributed by atoms with Crippen LogP contribution in [0.15, 0.2) is 29.2 Å². The summed E-state index contributed by atoms with van der Waals surface area (Å²) in [6.07, 6.45) is 0.373. The summed E-state index contributed by atoms with van der Waals surface area (Å²) in [5.41, 5.74) is 1.59. The third kappa shape index (κ3) is 7.89. The number of benzene rings is 1. The van der Waals surface area contributed by atoms with E-state index in [9.17, 15) is 19.6 Å². The normalized spacial score (nSPS) is 14.2. The van der Waals surface area contributed by atoms with E-state index in [4.69, 9.17) is 5.26 Å². The lowest BCUT2D eigenvalue weighted by Crippen LogP contribution is -2.56. The maximum atomic E-state index is 13.3. The molecule has 4 N–H and O–H groups in total. The van der Waals surface area contributed by atoms with Gasteiger partial charge < -0.3 is 10.6 Å². The van der Waals surface area contributed by atoms with Crippen molar-refractivity contribution in [1.29, 1.82) is 5.26 Å². The van der Waals surface area contributed by atoms with Gasteiger partial charge in [0, 0.05) is 11.9 Å². The van der Waals surface area contributed by atoms with Crippen LogP contribution in [-0.2, 0) is 14.4 Å². The molecule has 31 heavy (non-hydrogen) atoms. The number of hydrogen-bond donors (Lipinski definition) is 4. The summed E-state index contributed by atoms with van der Waals surface area (Å²) in [6, 6.07) is 7.85. The molecule has 8 nitrogen and oxygen atoms in total. The molecule has 0 unspecified atom stereocenters. The number of thioether (sulfide) groups is 1. The molecule has 1 aromatic carbocycles. The summed E-state index contributed by atoms with van der Waals surface area (Å²) in [5, 5.41) is 22.7. The maximum Gasteiger partial charge on any atom is 0.257 e. The lowest BCUT2D eigenvalue weighted by Gasteiger charge is -2.33. The molecule has 0 bridgehead atoms. The molecule has 1 rings (SSSR count). The Balaban J connectivity index is 3.27. The van der Waals surface area contributed by atoms with E-state index in [-0.39, 0.29) is 11.8 Å². The van der Waals surface area contributed by atoms with Crippen molar-refractivity contribution in [2.75, 3.05) is 7.05 Å². The average Bonchev–Trinajstić information content (AvgIpc) is 2.72. The summed E-state index contributed by atoms with van der Waals surface area (Å²) in [5.74, 6) is -2.19. The quantitative estimate of drug-likeness (QED) is 0.261. The van der Waals surface area contributed by atoms with Crippen molar-refractivity contribution >= 4 is 29.5 Å². The zero-order valence-electron chi connectivity index (χ0n) is 18.9. The second-order valence-corrected chi connectivity index (χ2v) is 10.0. The van der Waals surface area contributed by atoms with Gasteiger partial charge in [0.2, 0.25) is 11.8 Å². The molecule has 0 aromatic heterocycles. The number of amides is 3. The molecule has 1 aromatic rings. The topological polar surface area (TPSA) is 131 Å². The van der Waals surface area contributed by atoms with Crippen LogP contribution in [0.5, 0.6) is 0 Å². The van der Waals surface area contributed by atoms with E-state index >= 15 is 0 Å². The van der Waals surface area contributed by atoms with Crippen molar-refractivity contribution < 1.29 is 19.6 Å². The number of carbonyl (C=O) groups excluding carboxylic acids is 3. The highest BCUT2D eigenvalue weighted by Gasteiger charge is 2.39. The lowest BCUT2D eigenvalue weighted by atomic mass is 9.85. The Morgan fingerprint density at radius 3 is 2.10 bits per heavy atom. The zero-order valence-corrected chi connectivity index (χ0v) is 19.7. The number of rotatable bonds is 9. The molecule has 0 spiro atoms. The van der Waals surface area contributed by atoms with Gasteiger partial charge in [-0.15, -0.1) is 11.8 Å². The smallest absolute Gasteiger partial charge is 0.257 e. The third-order valence-electron chi connectivity index (χ3n) is 4.70. The number of likely N-dealkylation sites (N-methyl/N-ethyl adjacent to an activating group) is 1. The Morgan fingerprint density at radius 1 is 1.10 bits per heavy atom. The number of nitrogens with one attached hydrogen (secondary N) is 3. The SMILES string of the molecule is CNC(=O)[C@@H](NC(=O)[C@H](CC(C)C)[C@@H](Sc1ccc(C#N)cc1)C(=O)NO)C(C)(C)C. The second kappa shape index (κ2) is 11.7. The molecule has 0 fully saturated rings. The lowest BCUT2D eigenvalue weighted by molar-refractivity contribution is -0.137. The Bertz CT molecular complexity index is 812. The predicted molar refractivity (Wildman–Crippen MR) is 119 cm³/mol. The van der Waals surface area contributed by atoms with Gasteiger partial charge in [0.15, 0.2) is 0 Å². The molecule has 170 valence electrons. The predicted octanol–water partition coefficient (Wildman–Crippen LogP) is 2.46. The van der Waals surface area contributed by atoms with Gasteiger partial charge in [-0.3, -0.25) is 19.6 Å². The summed E-state index contributed by atoms with van der Waals surface area (Å²) in [4.78, 5) is 38.9. The molecular formula is C22H32N4O4S. The first-order valence-electron chi connectivity index (χ1n) is 10.1. The molecule has 0 saturated carbocycles. The van der Waals surface area contributed by atoms with Gasteiger partial charge in [-0.1, -0.05) is 34.6 Å². The van der Waals surface area contributed by atoms with E-state index in [0.29, 0.717) is 16.9 Å². The van der Waals surface area contributed by atoms with Crippen molar-refractivity contribution in [3.05, 3.63) is 29.8 Å². The van der Waals surface area contributed by atoms with Crippen LogP contribution in [-0.4, -0.2) is 41.3 Å². The minimum atomic E-state index is -0.939. The largest absolute Gasteiger partial charge is 0.357 e. The maximum absolute atomic E-state index is 13.3.